The minimum absolute atomic E-state index is 0.290. The van der Waals surface area contributed by atoms with Crippen LogP contribution in [0.2, 0.25) is 0 Å². The molecule has 0 unspecified atom stereocenters. The van der Waals surface area contributed by atoms with E-state index in [0.717, 1.165) is 31.6 Å². The molecule has 1 aromatic rings. The fourth-order valence-corrected chi connectivity index (χ4v) is 3.21. The second-order valence-corrected chi connectivity index (χ2v) is 5.71. The number of halogens is 1. The number of benzene rings is 1. The molecular formula is C16H24FNO. The van der Waals surface area contributed by atoms with Crippen molar-refractivity contribution in [1.29, 1.82) is 0 Å². The first-order valence-corrected chi connectivity index (χ1v) is 7.22. The molecule has 1 saturated carbocycles. The van der Waals surface area contributed by atoms with E-state index in [1.807, 2.05) is 6.07 Å². The van der Waals surface area contributed by atoms with Crippen molar-refractivity contribution in [2.75, 3.05) is 7.11 Å². The number of rotatable bonds is 4. The van der Waals surface area contributed by atoms with Crippen molar-refractivity contribution in [2.24, 2.45) is 11.7 Å². The number of hydrogen-bond donors (Lipinski definition) is 1. The molecule has 106 valence electrons. The number of methoxy groups -OCH3 is 1. The second-order valence-electron chi connectivity index (χ2n) is 5.71. The maximum atomic E-state index is 14.3. The second kappa shape index (κ2) is 5.91. The van der Waals surface area contributed by atoms with Gasteiger partial charge in [0.15, 0.2) is 11.6 Å². The van der Waals surface area contributed by atoms with E-state index >= 15 is 0 Å². The predicted molar refractivity (Wildman–Crippen MR) is 75.7 cm³/mol. The van der Waals surface area contributed by atoms with Crippen LogP contribution in [-0.2, 0) is 5.54 Å². The van der Waals surface area contributed by atoms with Gasteiger partial charge in [-0.15, -0.1) is 0 Å². The summed E-state index contributed by atoms with van der Waals surface area (Å²) >= 11 is 0. The molecule has 3 heteroatoms. The van der Waals surface area contributed by atoms with Gasteiger partial charge in [0.25, 0.3) is 0 Å². The lowest BCUT2D eigenvalue weighted by Crippen LogP contribution is -2.41. The Morgan fingerprint density at radius 3 is 2.63 bits per heavy atom. The standard InChI is InChI=1S/C16H24FNO/c1-3-5-12-8-10-16(18,11-9-12)13-6-4-7-14(19-2)15(13)17/h4,6-7,12H,3,5,8-11,18H2,1-2H3. The van der Waals surface area contributed by atoms with Crippen LogP contribution in [0.3, 0.4) is 0 Å². The SMILES string of the molecule is CCCC1CCC(N)(c2cccc(OC)c2F)CC1. The van der Waals surface area contributed by atoms with Crippen molar-refractivity contribution >= 4 is 0 Å². The zero-order valence-electron chi connectivity index (χ0n) is 11.9. The minimum atomic E-state index is -0.525. The largest absolute Gasteiger partial charge is 0.494 e. The van der Waals surface area contributed by atoms with Gasteiger partial charge in [0, 0.05) is 11.1 Å². The van der Waals surface area contributed by atoms with Crippen molar-refractivity contribution in [1.82, 2.24) is 0 Å². The quantitative estimate of drug-likeness (QED) is 0.893. The van der Waals surface area contributed by atoms with Crippen LogP contribution >= 0.6 is 0 Å². The highest BCUT2D eigenvalue weighted by Gasteiger charge is 2.35. The average Bonchev–Trinajstić information content (AvgIpc) is 2.42. The Kier molecular flexibility index (Phi) is 4.46. The first kappa shape index (κ1) is 14.3. The summed E-state index contributed by atoms with van der Waals surface area (Å²) in [6, 6.07) is 5.27. The highest BCUT2D eigenvalue weighted by molar-refractivity contribution is 5.35. The van der Waals surface area contributed by atoms with Gasteiger partial charge < -0.3 is 10.5 Å². The van der Waals surface area contributed by atoms with Gasteiger partial charge in [-0.25, -0.2) is 4.39 Å². The van der Waals surface area contributed by atoms with Gasteiger partial charge in [0.1, 0.15) is 0 Å². The molecule has 0 spiro atoms. The fraction of sp³-hybridized carbons (Fsp3) is 0.625. The number of nitrogens with two attached hydrogens (primary N) is 1. The molecule has 2 N–H and O–H groups in total. The predicted octanol–water partition coefficient (Wildman–Crippen LogP) is 3.98. The summed E-state index contributed by atoms with van der Waals surface area (Å²) in [4.78, 5) is 0. The Morgan fingerprint density at radius 1 is 1.37 bits per heavy atom. The molecule has 0 aliphatic heterocycles. The van der Waals surface area contributed by atoms with Crippen LogP contribution in [0.4, 0.5) is 4.39 Å². The molecule has 2 rings (SSSR count). The molecule has 1 aromatic carbocycles. The van der Waals surface area contributed by atoms with Crippen molar-refractivity contribution in [2.45, 2.75) is 51.0 Å². The van der Waals surface area contributed by atoms with E-state index in [9.17, 15) is 4.39 Å². The van der Waals surface area contributed by atoms with Gasteiger partial charge in [-0.3, -0.25) is 0 Å². The van der Waals surface area contributed by atoms with Gasteiger partial charge in [0.05, 0.1) is 7.11 Å². The van der Waals surface area contributed by atoms with Crippen LogP contribution in [0.25, 0.3) is 0 Å². The molecular weight excluding hydrogens is 241 g/mol. The van der Waals surface area contributed by atoms with Gasteiger partial charge in [0.2, 0.25) is 0 Å². The van der Waals surface area contributed by atoms with Gasteiger partial charge in [-0.05, 0) is 37.7 Å². The maximum Gasteiger partial charge on any atom is 0.170 e. The molecule has 1 fully saturated rings. The molecule has 0 radical (unpaired) electrons. The Morgan fingerprint density at radius 2 is 2.05 bits per heavy atom. The van der Waals surface area contributed by atoms with E-state index in [1.165, 1.54) is 20.0 Å². The molecule has 0 saturated heterocycles. The van der Waals surface area contributed by atoms with Crippen LogP contribution in [0, 0.1) is 11.7 Å². The maximum absolute atomic E-state index is 14.3. The van der Waals surface area contributed by atoms with Crippen molar-refractivity contribution in [3.63, 3.8) is 0 Å². The Bertz CT molecular complexity index is 425. The third-order valence-corrected chi connectivity index (χ3v) is 4.41. The number of hydrogen-bond acceptors (Lipinski definition) is 2. The van der Waals surface area contributed by atoms with E-state index in [2.05, 4.69) is 6.92 Å². The Labute approximate surface area is 115 Å². The first-order chi connectivity index (χ1) is 9.10. The highest BCUT2D eigenvalue weighted by atomic mass is 19.1. The fourth-order valence-electron chi connectivity index (χ4n) is 3.21. The lowest BCUT2D eigenvalue weighted by Gasteiger charge is -2.38. The van der Waals surface area contributed by atoms with Crippen LogP contribution in [0.5, 0.6) is 5.75 Å². The van der Waals surface area contributed by atoms with Gasteiger partial charge >= 0.3 is 0 Å². The van der Waals surface area contributed by atoms with Crippen molar-refractivity contribution in [3.8, 4) is 5.75 Å². The summed E-state index contributed by atoms with van der Waals surface area (Å²) in [6.07, 6.45) is 6.40. The van der Waals surface area contributed by atoms with Crippen molar-refractivity contribution in [3.05, 3.63) is 29.6 Å². The monoisotopic (exact) mass is 265 g/mol. The van der Waals surface area contributed by atoms with Crippen LogP contribution in [-0.4, -0.2) is 7.11 Å². The van der Waals surface area contributed by atoms with Gasteiger partial charge in [-0.2, -0.15) is 0 Å². The molecule has 1 aliphatic rings. The zero-order chi connectivity index (χ0) is 13.9. The normalized spacial score (nSPS) is 27.3. The Balaban J connectivity index is 2.18. The molecule has 0 amide bonds. The lowest BCUT2D eigenvalue weighted by molar-refractivity contribution is 0.220. The van der Waals surface area contributed by atoms with E-state index < -0.39 is 5.54 Å². The molecule has 2 nitrogen and oxygen atoms in total. The summed E-state index contributed by atoms with van der Waals surface area (Å²) < 4.78 is 19.4. The summed E-state index contributed by atoms with van der Waals surface area (Å²) in [5.41, 5.74) is 6.56. The summed E-state index contributed by atoms with van der Waals surface area (Å²) in [7, 11) is 1.49. The van der Waals surface area contributed by atoms with Crippen molar-refractivity contribution < 1.29 is 9.13 Å². The molecule has 0 bridgehead atoms. The molecule has 0 aromatic heterocycles. The summed E-state index contributed by atoms with van der Waals surface area (Å²) in [5.74, 6) is 0.759. The molecule has 0 heterocycles. The minimum Gasteiger partial charge on any atom is -0.494 e. The molecule has 19 heavy (non-hydrogen) atoms. The highest BCUT2D eigenvalue weighted by Crippen LogP contribution is 2.41. The lowest BCUT2D eigenvalue weighted by atomic mass is 9.72. The summed E-state index contributed by atoms with van der Waals surface area (Å²) in [5, 5.41) is 0. The van der Waals surface area contributed by atoms with E-state index in [0.29, 0.717) is 5.56 Å². The third-order valence-electron chi connectivity index (χ3n) is 4.41. The Hall–Kier alpha value is -1.09. The van der Waals surface area contributed by atoms with Crippen LogP contribution < -0.4 is 10.5 Å². The molecule has 1 aliphatic carbocycles. The van der Waals surface area contributed by atoms with Crippen LogP contribution in [0.1, 0.15) is 51.0 Å². The van der Waals surface area contributed by atoms with Crippen LogP contribution in [0.15, 0.2) is 18.2 Å². The first-order valence-electron chi connectivity index (χ1n) is 7.22. The van der Waals surface area contributed by atoms with E-state index in [1.54, 1.807) is 12.1 Å². The average molecular weight is 265 g/mol. The number of ether oxygens (including phenoxy) is 1. The third kappa shape index (κ3) is 2.92. The van der Waals surface area contributed by atoms with E-state index in [-0.39, 0.29) is 11.6 Å². The summed E-state index contributed by atoms with van der Waals surface area (Å²) in [6.45, 7) is 2.21. The van der Waals surface area contributed by atoms with E-state index in [4.69, 9.17) is 10.5 Å². The van der Waals surface area contributed by atoms with Gasteiger partial charge in [-0.1, -0.05) is 31.9 Å². The molecule has 0 atom stereocenters. The smallest absolute Gasteiger partial charge is 0.170 e. The topological polar surface area (TPSA) is 35.2 Å². The zero-order valence-corrected chi connectivity index (χ0v) is 11.9.